The van der Waals surface area contributed by atoms with Gasteiger partial charge in [-0.05, 0) is 12.8 Å². The van der Waals surface area contributed by atoms with E-state index in [9.17, 15) is 10.1 Å². The molecule has 0 amide bonds. The predicted molar refractivity (Wildman–Crippen MR) is 58.8 cm³/mol. The summed E-state index contributed by atoms with van der Waals surface area (Å²) in [7, 11) is 1.71. The number of hydrogen-bond donors (Lipinski definition) is 1. The predicted octanol–water partition coefficient (Wildman–Crippen LogP) is 1.45. The van der Waals surface area contributed by atoms with Crippen LogP contribution in [0.25, 0.3) is 0 Å². The first-order chi connectivity index (χ1) is 7.54. The van der Waals surface area contributed by atoms with Gasteiger partial charge in [-0.1, -0.05) is 19.3 Å². The van der Waals surface area contributed by atoms with E-state index < -0.39 is 10.5 Å². The summed E-state index contributed by atoms with van der Waals surface area (Å²) in [5, 5.41) is 14.9. The minimum atomic E-state index is -0.577. The van der Waals surface area contributed by atoms with E-state index in [1.807, 2.05) is 0 Å². The maximum absolute atomic E-state index is 10.9. The zero-order chi connectivity index (χ0) is 11.8. The molecule has 6 nitrogen and oxygen atoms in total. The van der Waals surface area contributed by atoms with Crippen molar-refractivity contribution in [3.8, 4) is 0 Å². The molecule has 1 aromatic heterocycles. The van der Waals surface area contributed by atoms with Crippen molar-refractivity contribution >= 4 is 5.69 Å². The van der Waals surface area contributed by atoms with Crippen LogP contribution in [0.5, 0.6) is 0 Å². The molecule has 2 rings (SSSR count). The maximum atomic E-state index is 10.9. The molecule has 0 saturated heterocycles. The third-order valence-corrected chi connectivity index (χ3v) is 3.33. The molecule has 0 radical (unpaired) electrons. The van der Waals surface area contributed by atoms with Gasteiger partial charge in [0.2, 0.25) is 0 Å². The van der Waals surface area contributed by atoms with Crippen LogP contribution in [0.15, 0.2) is 6.20 Å². The highest BCUT2D eigenvalue weighted by molar-refractivity contribution is 5.38. The van der Waals surface area contributed by atoms with Gasteiger partial charge in [-0.2, -0.15) is 5.10 Å². The number of aromatic nitrogens is 2. The van der Waals surface area contributed by atoms with Crippen LogP contribution in [-0.2, 0) is 12.6 Å². The molecule has 1 aliphatic rings. The van der Waals surface area contributed by atoms with Crippen molar-refractivity contribution in [3.63, 3.8) is 0 Å². The van der Waals surface area contributed by atoms with Gasteiger partial charge < -0.3 is 5.73 Å². The molecule has 0 spiro atoms. The number of aryl methyl sites for hydroxylation is 1. The Hall–Kier alpha value is -1.43. The van der Waals surface area contributed by atoms with Crippen LogP contribution in [0.3, 0.4) is 0 Å². The van der Waals surface area contributed by atoms with Crippen LogP contribution < -0.4 is 5.73 Å². The minimum absolute atomic E-state index is 0.0481. The van der Waals surface area contributed by atoms with Crippen LogP contribution in [0.2, 0.25) is 0 Å². The summed E-state index contributed by atoms with van der Waals surface area (Å²) in [5.41, 5.74) is 6.34. The molecule has 0 unspecified atom stereocenters. The summed E-state index contributed by atoms with van der Waals surface area (Å²) >= 11 is 0. The SMILES string of the molecule is Cn1ncc([N+](=O)[O-])c1C1(N)CCCCC1. The summed E-state index contributed by atoms with van der Waals surface area (Å²) < 4.78 is 1.55. The second-order valence-electron chi connectivity index (χ2n) is 4.48. The van der Waals surface area contributed by atoms with E-state index in [0.717, 1.165) is 32.1 Å². The molecular formula is C10H16N4O2. The summed E-state index contributed by atoms with van der Waals surface area (Å²) in [4.78, 5) is 10.5. The third-order valence-electron chi connectivity index (χ3n) is 3.33. The molecular weight excluding hydrogens is 208 g/mol. The number of nitro groups is 1. The van der Waals surface area contributed by atoms with Crippen molar-refractivity contribution < 1.29 is 4.92 Å². The van der Waals surface area contributed by atoms with Crippen molar-refractivity contribution in [1.82, 2.24) is 9.78 Å². The van der Waals surface area contributed by atoms with E-state index in [1.54, 1.807) is 11.7 Å². The fraction of sp³-hybridized carbons (Fsp3) is 0.700. The van der Waals surface area contributed by atoms with Crippen molar-refractivity contribution in [1.29, 1.82) is 0 Å². The van der Waals surface area contributed by atoms with Crippen molar-refractivity contribution in [3.05, 3.63) is 22.0 Å². The van der Waals surface area contributed by atoms with Gasteiger partial charge in [0.15, 0.2) is 0 Å². The summed E-state index contributed by atoms with van der Waals surface area (Å²) in [6.07, 6.45) is 6.10. The Bertz CT molecular complexity index is 407. The molecule has 0 aliphatic heterocycles. The summed E-state index contributed by atoms with van der Waals surface area (Å²) in [6, 6.07) is 0. The van der Waals surface area contributed by atoms with Gasteiger partial charge in [0.05, 0.1) is 10.5 Å². The van der Waals surface area contributed by atoms with Crippen molar-refractivity contribution in [2.75, 3.05) is 0 Å². The normalized spacial score (nSPS) is 19.6. The van der Waals surface area contributed by atoms with E-state index in [0.29, 0.717) is 5.69 Å². The van der Waals surface area contributed by atoms with Gasteiger partial charge in [-0.15, -0.1) is 0 Å². The second kappa shape index (κ2) is 3.86. The number of nitrogens with two attached hydrogens (primary N) is 1. The Labute approximate surface area is 93.6 Å². The topological polar surface area (TPSA) is 87.0 Å². The molecule has 1 heterocycles. The van der Waals surface area contributed by atoms with E-state index in [-0.39, 0.29) is 5.69 Å². The van der Waals surface area contributed by atoms with Crippen molar-refractivity contribution in [2.24, 2.45) is 12.8 Å². The van der Waals surface area contributed by atoms with Crippen molar-refractivity contribution in [2.45, 2.75) is 37.6 Å². The van der Waals surface area contributed by atoms with Crippen LogP contribution in [0.4, 0.5) is 5.69 Å². The zero-order valence-electron chi connectivity index (χ0n) is 9.35. The lowest BCUT2D eigenvalue weighted by Crippen LogP contribution is -2.40. The molecule has 6 heteroatoms. The first kappa shape index (κ1) is 11.1. The number of nitrogens with zero attached hydrogens (tertiary/aromatic N) is 3. The summed E-state index contributed by atoms with van der Waals surface area (Å²) in [5.74, 6) is 0. The van der Waals surface area contributed by atoms with Crippen LogP contribution in [-0.4, -0.2) is 14.7 Å². The minimum Gasteiger partial charge on any atom is -0.320 e. The van der Waals surface area contributed by atoms with E-state index in [2.05, 4.69) is 5.10 Å². The largest absolute Gasteiger partial charge is 0.320 e. The number of hydrogen-bond acceptors (Lipinski definition) is 4. The van der Waals surface area contributed by atoms with E-state index in [4.69, 9.17) is 5.73 Å². The fourth-order valence-corrected chi connectivity index (χ4v) is 2.56. The lowest BCUT2D eigenvalue weighted by atomic mass is 9.79. The number of rotatable bonds is 2. The highest BCUT2D eigenvalue weighted by Crippen LogP contribution is 2.38. The van der Waals surface area contributed by atoms with E-state index in [1.165, 1.54) is 6.20 Å². The smallest absolute Gasteiger partial charge is 0.312 e. The van der Waals surface area contributed by atoms with Crippen LogP contribution >= 0.6 is 0 Å². The Kier molecular flexibility index (Phi) is 2.67. The van der Waals surface area contributed by atoms with Gasteiger partial charge in [-0.3, -0.25) is 14.8 Å². The van der Waals surface area contributed by atoms with Crippen LogP contribution in [0, 0.1) is 10.1 Å². The zero-order valence-corrected chi connectivity index (χ0v) is 9.35. The molecule has 1 fully saturated rings. The molecule has 0 bridgehead atoms. The lowest BCUT2D eigenvalue weighted by Gasteiger charge is -2.32. The molecule has 1 aromatic rings. The summed E-state index contributed by atoms with van der Waals surface area (Å²) in [6.45, 7) is 0. The molecule has 0 aromatic carbocycles. The molecule has 1 aliphatic carbocycles. The van der Waals surface area contributed by atoms with Gasteiger partial charge in [-0.25, -0.2) is 0 Å². The Morgan fingerprint density at radius 2 is 2.12 bits per heavy atom. The molecule has 16 heavy (non-hydrogen) atoms. The average Bonchev–Trinajstić information content (AvgIpc) is 2.62. The fourth-order valence-electron chi connectivity index (χ4n) is 2.56. The lowest BCUT2D eigenvalue weighted by molar-refractivity contribution is -0.386. The first-order valence-corrected chi connectivity index (χ1v) is 5.50. The quantitative estimate of drug-likeness (QED) is 0.608. The standard InChI is InChI=1S/C10H16N4O2/c1-13-9(8(7-12-13)14(15)16)10(11)5-3-2-4-6-10/h7H,2-6,11H2,1H3. The average molecular weight is 224 g/mol. The second-order valence-corrected chi connectivity index (χ2v) is 4.48. The maximum Gasteiger partial charge on any atom is 0.312 e. The van der Waals surface area contributed by atoms with Gasteiger partial charge in [0.1, 0.15) is 11.9 Å². The monoisotopic (exact) mass is 224 g/mol. The highest BCUT2D eigenvalue weighted by atomic mass is 16.6. The van der Waals surface area contributed by atoms with Gasteiger partial charge in [0.25, 0.3) is 0 Å². The Balaban J connectivity index is 2.45. The Morgan fingerprint density at radius 1 is 1.50 bits per heavy atom. The third kappa shape index (κ3) is 1.69. The molecule has 2 N–H and O–H groups in total. The highest BCUT2D eigenvalue weighted by Gasteiger charge is 2.38. The van der Waals surface area contributed by atoms with Crippen LogP contribution in [0.1, 0.15) is 37.8 Å². The molecule has 1 saturated carbocycles. The van der Waals surface area contributed by atoms with Gasteiger partial charge in [0, 0.05) is 7.05 Å². The van der Waals surface area contributed by atoms with Gasteiger partial charge >= 0.3 is 5.69 Å². The first-order valence-electron chi connectivity index (χ1n) is 5.50. The molecule has 88 valence electrons. The molecule has 0 atom stereocenters. The van der Waals surface area contributed by atoms with E-state index >= 15 is 0 Å². The Morgan fingerprint density at radius 3 is 2.69 bits per heavy atom.